The monoisotopic (exact) mass is 265 g/mol. The van der Waals surface area contributed by atoms with Crippen molar-refractivity contribution >= 4 is 23.4 Å². The van der Waals surface area contributed by atoms with Crippen molar-refractivity contribution < 1.29 is 22.7 Å². The number of hydrogen-bond donors (Lipinski definition) is 1. The van der Waals surface area contributed by atoms with Gasteiger partial charge in [-0.1, -0.05) is 6.07 Å². The summed E-state index contributed by atoms with van der Waals surface area (Å²) in [6.07, 6.45) is 0. The number of halogens is 3. The zero-order chi connectivity index (χ0) is 12.9. The SMILES string of the molecule is Nc1cccc(C(=O)OCCSC(F)(F)F)c1. The second kappa shape index (κ2) is 5.81. The van der Waals surface area contributed by atoms with Crippen molar-refractivity contribution in [3.05, 3.63) is 29.8 Å². The van der Waals surface area contributed by atoms with Crippen LogP contribution in [0.15, 0.2) is 24.3 Å². The molecule has 0 saturated heterocycles. The molecule has 0 unspecified atom stereocenters. The number of nitrogens with two attached hydrogens (primary N) is 1. The first kappa shape index (κ1) is 13.7. The minimum atomic E-state index is -4.30. The number of benzene rings is 1. The molecule has 0 radical (unpaired) electrons. The van der Waals surface area contributed by atoms with E-state index in [0.717, 1.165) is 0 Å². The Labute approximate surface area is 100 Å². The molecule has 0 atom stereocenters. The average molecular weight is 265 g/mol. The smallest absolute Gasteiger partial charge is 0.441 e. The van der Waals surface area contributed by atoms with Crippen LogP contribution in [0, 0.1) is 0 Å². The number of carbonyl (C=O) groups excluding carboxylic acids is 1. The third kappa shape index (κ3) is 5.48. The average Bonchev–Trinajstić information content (AvgIpc) is 2.23. The highest BCUT2D eigenvalue weighted by atomic mass is 32.2. The van der Waals surface area contributed by atoms with Crippen molar-refractivity contribution in [1.29, 1.82) is 0 Å². The van der Waals surface area contributed by atoms with Crippen molar-refractivity contribution in [2.75, 3.05) is 18.1 Å². The fourth-order valence-electron chi connectivity index (χ4n) is 1.04. The van der Waals surface area contributed by atoms with Crippen molar-refractivity contribution in [3.63, 3.8) is 0 Å². The zero-order valence-electron chi connectivity index (χ0n) is 8.66. The molecule has 0 bridgehead atoms. The Hall–Kier alpha value is -1.37. The largest absolute Gasteiger partial charge is 0.461 e. The first-order valence-corrected chi connectivity index (χ1v) is 5.60. The minimum absolute atomic E-state index is 0.224. The fraction of sp³-hybridized carbons (Fsp3) is 0.300. The number of alkyl halides is 3. The van der Waals surface area contributed by atoms with Crippen LogP contribution in [-0.4, -0.2) is 23.8 Å². The summed E-state index contributed by atoms with van der Waals surface area (Å²) in [7, 11) is 0. The van der Waals surface area contributed by atoms with Crippen molar-refractivity contribution in [2.45, 2.75) is 5.51 Å². The molecule has 2 N–H and O–H groups in total. The summed E-state index contributed by atoms with van der Waals surface area (Å²) in [5.41, 5.74) is 1.76. The van der Waals surface area contributed by atoms with Crippen molar-refractivity contribution in [2.24, 2.45) is 0 Å². The fourth-order valence-corrected chi connectivity index (χ4v) is 1.44. The number of rotatable bonds is 4. The van der Waals surface area contributed by atoms with E-state index >= 15 is 0 Å². The third-order valence-corrected chi connectivity index (χ3v) is 2.40. The molecule has 0 amide bonds. The lowest BCUT2D eigenvalue weighted by Crippen LogP contribution is -2.10. The maximum absolute atomic E-state index is 11.8. The van der Waals surface area contributed by atoms with Gasteiger partial charge in [0.2, 0.25) is 0 Å². The molecule has 0 spiro atoms. The molecule has 1 aromatic carbocycles. The number of esters is 1. The number of hydrogen-bond acceptors (Lipinski definition) is 4. The van der Waals surface area contributed by atoms with Crippen LogP contribution in [0.5, 0.6) is 0 Å². The highest BCUT2D eigenvalue weighted by molar-refractivity contribution is 8.00. The van der Waals surface area contributed by atoms with Crippen LogP contribution in [0.2, 0.25) is 0 Å². The van der Waals surface area contributed by atoms with E-state index in [-0.39, 0.29) is 29.7 Å². The predicted octanol–water partition coefficient (Wildman–Crippen LogP) is 2.68. The van der Waals surface area contributed by atoms with E-state index in [0.29, 0.717) is 5.69 Å². The van der Waals surface area contributed by atoms with Gasteiger partial charge in [-0.15, -0.1) is 0 Å². The lowest BCUT2D eigenvalue weighted by atomic mass is 10.2. The van der Waals surface area contributed by atoms with E-state index in [2.05, 4.69) is 4.74 Å². The van der Waals surface area contributed by atoms with E-state index in [1.165, 1.54) is 12.1 Å². The summed E-state index contributed by atoms with van der Waals surface area (Å²) >= 11 is -0.228. The Morgan fingerprint density at radius 1 is 1.41 bits per heavy atom. The van der Waals surface area contributed by atoms with Crippen LogP contribution in [0.1, 0.15) is 10.4 Å². The van der Waals surface area contributed by atoms with Crippen LogP contribution in [-0.2, 0) is 4.74 Å². The Morgan fingerprint density at radius 3 is 2.71 bits per heavy atom. The molecule has 3 nitrogen and oxygen atoms in total. The molecular weight excluding hydrogens is 255 g/mol. The molecule has 94 valence electrons. The molecule has 0 saturated carbocycles. The van der Waals surface area contributed by atoms with Crippen molar-refractivity contribution in [1.82, 2.24) is 0 Å². The summed E-state index contributed by atoms with van der Waals surface area (Å²) in [5, 5.41) is 0. The van der Waals surface area contributed by atoms with Gasteiger partial charge in [0.1, 0.15) is 6.61 Å². The van der Waals surface area contributed by atoms with Gasteiger partial charge in [0, 0.05) is 11.4 Å². The summed E-state index contributed by atoms with van der Waals surface area (Å²) < 4.78 is 39.9. The van der Waals surface area contributed by atoms with Crippen LogP contribution in [0.25, 0.3) is 0 Å². The van der Waals surface area contributed by atoms with Gasteiger partial charge < -0.3 is 10.5 Å². The van der Waals surface area contributed by atoms with E-state index in [4.69, 9.17) is 5.73 Å². The van der Waals surface area contributed by atoms with E-state index in [1.54, 1.807) is 12.1 Å². The van der Waals surface area contributed by atoms with Crippen LogP contribution in [0.4, 0.5) is 18.9 Å². The molecule has 0 aliphatic carbocycles. The van der Waals surface area contributed by atoms with Gasteiger partial charge in [-0.05, 0) is 30.0 Å². The molecular formula is C10H10F3NO2S. The van der Waals surface area contributed by atoms with Gasteiger partial charge in [0.15, 0.2) is 0 Å². The quantitative estimate of drug-likeness (QED) is 0.516. The lowest BCUT2D eigenvalue weighted by Gasteiger charge is -2.07. The van der Waals surface area contributed by atoms with Gasteiger partial charge in [0.05, 0.1) is 5.56 Å². The minimum Gasteiger partial charge on any atom is -0.461 e. The molecule has 1 rings (SSSR count). The molecule has 17 heavy (non-hydrogen) atoms. The number of thioether (sulfide) groups is 1. The van der Waals surface area contributed by atoms with Crippen molar-refractivity contribution in [3.8, 4) is 0 Å². The third-order valence-electron chi connectivity index (χ3n) is 1.70. The number of nitrogen functional groups attached to an aromatic ring is 1. The van der Waals surface area contributed by atoms with Crippen LogP contribution < -0.4 is 5.73 Å². The Kier molecular flexibility index (Phi) is 4.68. The summed E-state index contributed by atoms with van der Waals surface area (Å²) in [4.78, 5) is 11.4. The summed E-state index contributed by atoms with van der Waals surface area (Å²) in [6, 6.07) is 6.04. The topological polar surface area (TPSA) is 52.3 Å². The zero-order valence-corrected chi connectivity index (χ0v) is 9.48. The summed E-state index contributed by atoms with van der Waals surface area (Å²) in [5.74, 6) is -1.00. The molecule has 0 aliphatic rings. The maximum atomic E-state index is 11.8. The van der Waals surface area contributed by atoms with E-state index in [9.17, 15) is 18.0 Å². The molecule has 0 heterocycles. The van der Waals surface area contributed by atoms with Crippen LogP contribution in [0.3, 0.4) is 0 Å². The highest BCUT2D eigenvalue weighted by Crippen LogP contribution is 2.29. The Morgan fingerprint density at radius 2 is 2.12 bits per heavy atom. The number of ether oxygens (including phenoxy) is 1. The number of anilines is 1. The summed E-state index contributed by atoms with van der Waals surface area (Å²) in [6.45, 7) is -0.294. The Balaban J connectivity index is 2.36. The predicted molar refractivity (Wildman–Crippen MR) is 59.6 cm³/mol. The van der Waals surface area contributed by atoms with Gasteiger partial charge in [-0.3, -0.25) is 0 Å². The first-order valence-electron chi connectivity index (χ1n) is 4.62. The molecule has 0 aromatic heterocycles. The standard InChI is InChI=1S/C10H10F3NO2S/c11-10(12,13)17-5-4-16-9(15)7-2-1-3-8(14)6-7/h1-3,6H,4-5,14H2. The molecule has 7 heteroatoms. The van der Waals surface area contributed by atoms with Gasteiger partial charge >= 0.3 is 11.5 Å². The lowest BCUT2D eigenvalue weighted by molar-refractivity contribution is -0.0331. The van der Waals surface area contributed by atoms with E-state index < -0.39 is 11.5 Å². The number of carbonyl (C=O) groups is 1. The van der Waals surface area contributed by atoms with Crippen LogP contribution >= 0.6 is 11.8 Å². The normalized spacial score (nSPS) is 11.2. The van der Waals surface area contributed by atoms with Gasteiger partial charge in [-0.2, -0.15) is 13.2 Å². The first-order chi connectivity index (χ1) is 7.88. The highest BCUT2D eigenvalue weighted by Gasteiger charge is 2.27. The van der Waals surface area contributed by atoms with E-state index in [1.807, 2.05) is 0 Å². The van der Waals surface area contributed by atoms with Gasteiger partial charge in [0.25, 0.3) is 0 Å². The Bertz CT molecular complexity index is 395. The molecule has 0 aliphatic heterocycles. The second-order valence-corrected chi connectivity index (χ2v) is 4.22. The van der Waals surface area contributed by atoms with Gasteiger partial charge in [-0.25, -0.2) is 4.79 Å². The molecule has 1 aromatic rings. The molecule has 0 fully saturated rings. The maximum Gasteiger partial charge on any atom is 0.441 e. The second-order valence-electron chi connectivity index (χ2n) is 3.06.